The molecule has 0 heterocycles. The Kier molecular flexibility index (Phi) is 3.24. The van der Waals surface area contributed by atoms with E-state index in [2.05, 4.69) is 5.32 Å². The molecule has 1 aromatic rings. The van der Waals surface area contributed by atoms with Gasteiger partial charge in [-0.3, -0.25) is 4.79 Å². The molecule has 4 bridgehead atoms. The van der Waals surface area contributed by atoms with E-state index in [1.165, 1.54) is 19.3 Å². The van der Waals surface area contributed by atoms with Gasteiger partial charge >= 0.3 is 0 Å². The van der Waals surface area contributed by atoms with Crippen molar-refractivity contribution in [3.63, 3.8) is 0 Å². The third-order valence-electron chi connectivity index (χ3n) is 5.61. The number of hydrogen-bond acceptors (Lipinski definition) is 1. The van der Waals surface area contributed by atoms with Crippen LogP contribution in [0.2, 0.25) is 10.0 Å². The summed E-state index contributed by atoms with van der Waals surface area (Å²) in [5, 5.41) is 4.13. The highest BCUT2D eigenvalue weighted by atomic mass is 35.5. The highest BCUT2D eigenvalue weighted by Crippen LogP contribution is 2.55. The normalized spacial score (nSPS) is 36.8. The van der Waals surface area contributed by atoms with Gasteiger partial charge < -0.3 is 5.32 Å². The Labute approximate surface area is 135 Å². The van der Waals surface area contributed by atoms with Crippen LogP contribution >= 0.6 is 23.2 Å². The number of halogens is 2. The van der Waals surface area contributed by atoms with Crippen molar-refractivity contribution in [2.45, 2.75) is 44.1 Å². The zero-order chi connectivity index (χ0) is 14.6. The number of rotatable bonds is 2. The first-order valence-corrected chi connectivity index (χ1v) is 8.57. The van der Waals surface area contributed by atoms with Gasteiger partial charge in [0, 0.05) is 5.54 Å². The lowest BCUT2D eigenvalue weighted by molar-refractivity contribution is -0.0166. The minimum atomic E-state index is -0.0653. The second kappa shape index (κ2) is 4.89. The van der Waals surface area contributed by atoms with Crippen molar-refractivity contribution in [1.82, 2.24) is 5.32 Å². The van der Waals surface area contributed by atoms with Crippen LogP contribution in [0.5, 0.6) is 0 Å². The van der Waals surface area contributed by atoms with Gasteiger partial charge in [-0.25, -0.2) is 0 Å². The monoisotopic (exact) mass is 323 g/mol. The molecule has 4 aliphatic rings. The fraction of sp³-hybridized carbons (Fsp3) is 0.588. The predicted molar refractivity (Wildman–Crippen MR) is 84.8 cm³/mol. The summed E-state index contributed by atoms with van der Waals surface area (Å²) in [6.45, 7) is 0. The zero-order valence-corrected chi connectivity index (χ0v) is 13.4. The lowest BCUT2D eigenvalue weighted by atomic mass is 9.53. The number of carbonyl (C=O) groups is 1. The number of hydrogen-bond donors (Lipinski definition) is 1. The van der Waals surface area contributed by atoms with Crippen molar-refractivity contribution >= 4 is 29.1 Å². The average Bonchev–Trinajstić information content (AvgIpc) is 2.39. The summed E-state index contributed by atoms with van der Waals surface area (Å²) in [5.41, 5.74) is 0.511. The molecule has 1 N–H and O–H groups in total. The van der Waals surface area contributed by atoms with Crippen molar-refractivity contribution in [2.75, 3.05) is 0 Å². The van der Waals surface area contributed by atoms with Gasteiger partial charge in [-0.1, -0.05) is 29.3 Å². The first kappa shape index (κ1) is 13.9. The van der Waals surface area contributed by atoms with E-state index in [1.54, 1.807) is 18.2 Å². The largest absolute Gasteiger partial charge is 0.347 e. The Balaban J connectivity index is 1.58. The van der Waals surface area contributed by atoms with Crippen molar-refractivity contribution in [1.29, 1.82) is 0 Å². The van der Waals surface area contributed by atoms with Gasteiger partial charge in [0.15, 0.2) is 0 Å². The Hall–Kier alpha value is -0.730. The minimum absolute atomic E-state index is 0.0114. The van der Waals surface area contributed by atoms with Gasteiger partial charge in [-0.05, 0) is 68.4 Å². The van der Waals surface area contributed by atoms with Crippen molar-refractivity contribution in [3.05, 3.63) is 33.8 Å². The molecule has 0 spiro atoms. The molecule has 1 aromatic carbocycles. The van der Waals surface area contributed by atoms with Crippen LogP contribution in [0.25, 0.3) is 0 Å². The van der Waals surface area contributed by atoms with E-state index in [4.69, 9.17) is 23.2 Å². The SMILES string of the molecule is O=C(NC12CC3CC(CC(C3)C1)C2)c1cccc(Cl)c1Cl. The number of benzene rings is 1. The highest BCUT2D eigenvalue weighted by Gasteiger charge is 2.51. The molecule has 0 aromatic heterocycles. The second-order valence-corrected chi connectivity index (χ2v) is 8.04. The van der Waals surface area contributed by atoms with Crippen LogP contribution in [-0.2, 0) is 0 Å². The van der Waals surface area contributed by atoms with Gasteiger partial charge in [0.2, 0.25) is 0 Å². The summed E-state index contributed by atoms with van der Waals surface area (Å²) in [7, 11) is 0. The van der Waals surface area contributed by atoms with Crippen LogP contribution in [0.1, 0.15) is 48.9 Å². The third-order valence-corrected chi connectivity index (χ3v) is 6.43. The molecule has 0 atom stereocenters. The fourth-order valence-corrected chi connectivity index (χ4v) is 5.64. The maximum absolute atomic E-state index is 12.6. The lowest BCUT2D eigenvalue weighted by Gasteiger charge is -2.56. The topological polar surface area (TPSA) is 29.1 Å². The van der Waals surface area contributed by atoms with Crippen LogP contribution in [0.15, 0.2) is 18.2 Å². The summed E-state index contributed by atoms with van der Waals surface area (Å²) < 4.78 is 0. The van der Waals surface area contributed by atoms with Gasteiger partial charge in [0.1, 0.15) is 0 Å². The smallest absolute Gasteiger partial charge is 0.253 e. The maximum Gasteiger partial charge on any atom is 0.253 e. The molecule has 5 rings (SSSR count). The van der Waals surface area contributed by atoms with Gasteiger partial charge in [0.05, 0.1) is 15.6 Å². The molecule has 4 fully saturated rings. The van der Waals surface area contributed by atoms with Gasteiger partial charge in [-0.15, -0.1) is 0 Å². The first-order chi connectivity index (χ1) is 10.0. The Morgan fingerprint density at radius 2 is 1.62 bits per heavy atom. The molecule has 21 heavy (non-hydrogen) atoms. The molecule has 4 saturated carbocycles. The summed E-state index contributed by atoms with van der Waals surface area (Å²) in [5.74, 6) is 2.37. The molecular weight excluding hydrogens is 305 g/mol. The van der Waals surface area contributed by atoms with E-state index in [-0.39, 0.29) is 11.4 Å². The standard InChI is InChI=1S/C17H19Cl2NO/c18-14-3-1-2-13(15(14)19)16(21)20-17-7-10-4-11(8-17)6-12(5-10)9-17/h1-3,10-12H,4-9H2,(H,20,21). The molecule has 0 saturated heterocycles. The third kappa shape index (κ3) is 2.37. The van der Waals surface area contributed by atoms with E-state index < -0.39 is 0 Å². The Morgan fingerprint density at radius 1 is 1.05 bits per heavy atom. The van der Waals surface area contributed by atoms with E-state index in [0.29, 0.717) is 15.6 Å². The van der Waals surface area contributed by atoms with E-state index >= 15 is 0 Å². The fourth-order valence-electron chi connectivity index (χ4n) is 5.25. The van der Waals surface area contributed by atoms with E-state index in [1.807, 2.05) is 0 Å². The van der Waals surface area contributed by atoms with Crippen LogP contribution in [0, 0.1) is 17.8 Å². The van der Waals surface area contributed by atoms with Gasteiger partial charge in [-0.2, -0.15) is 0 Å². The number of amides is 1. The summed E-state index contributed by atoms with van der Waals surface area (Å²) in [6, 6.07) is 5.25. The molecule has 0 radical (unpaired) electrons. The quantitative estimate of drug-likeness (QED) is 0.840. The summed E-state index contributed by atoms with van der Waals surface area (Å²) in [6.07, 6.45) is 7.53. The zero-order valence-electron chi connectivity index (χ0n) is 11.9. The molecule has 4 aliphatic carbocycles. The Morgan fingerprint density at radius 3 is 2.19 bits per heavy atom. The van der Waals surface area contributed by atoms with Crippen LogP contribution < -0.4 is 5.32 Å². The van der Waals surface area contributed by atoms with Crippen LogP contribution in [-0.4, -0.2) is 11.4 Å². The molecular formula is C17H19Cl2NO. The molecule has 2 nitrogen and oxygen atoms in total. The van der Waals surface area contributed by atoms with Crippen molar-refractivity contribution in [2.24, 2.45) is 17.8 Å². The summed E-state index contributed by atoms with van der Waals surface area (Å²) >= 11 is 12.2. The van der Waals surface area contributed by atoms with Crippen LogP contribution in [0.4, 0.5) is 0 Å². The molecule has 0 aliphatic heterocycles. The predicted octanol–water partition coefficient (Wildman–Crippen LogP) is 4.69. The van der Waals surface area contributed by atoms with Crippen molar-refractivity contribution in [3.8, 4) is 0 Å². The molecule has 0 unspecified atom stereocenters. The van der Waals surface area contributed by atoms with E-state index in [0.717, 1.165) is 37.0 Å². The lowest BCUT2D eigenvalue weighted by Crippen LogP contribution is -2.59. The van der Waals surface area contributed by atoms with Crippen LogP contribution in [0.3, 0.4) is 0 Å². The second-order valence-electron chi connectivity index (χ2n) is 7.25. The number of nitrogens with one attached hydrogen (secondary N) is 1. The molecule has 1 amide bonds. The molecule has 4 heteroatoms. The first-order valence-electron chi connectivity index (χ1n) is 7.81. The minimum Gasteiger partial charge on any atom is -0.347 e. The average molecular weight is 324 g/mol. The van der Waals surface area contributed by atoms with E-state index in [9.17, 15) is 4.79 Å². The Bertz CT molecular complexity index is 563. The highest BCUT2D eigenvalue weighted by molar-refractivity contribution is 6.43. The maximum atomic E-state index is 12.6. The van der Waals surface area contributed by atoms with Crippen molar-refractivity contribution < 1.29 is 4.79 Å². The summed E-state index contributed by atoms with van der Waals surface area (Å²) in [4.78, 5) is 12.6. The molecule has 112 valence electrons. The number of carbonyl (C=O) groups excluding carboxylic acids is 1. The van der Waals surface area contributed by atoms with Gasteiger partial charge in [0.25, 0.3) is 5.91 Å².